The summed E-state index contributed by atoms with van der Waals surface area (Å²) < 4.78 is 0. The van der Waals surface area contributed by atoms with Crippen molar-refractivity contribution in [1.29, 1.82) is 0 Å². The SMILES string of the molecule is [CH]CN1CCC(CO)CC1. The van der Waals surface area contributed by atoms with Crippen LogP contribution in [0.15, 0.2) is 0 Å². The summed E-state index contributed by atoms with van der Waals surface area (Å²) in [6.45, 7) is 8.58. The lowest BCUT2D eigenvalue weighted by Crippen LogP contribution is -2.34. The second-order valence-corrected chi connectivity index (χ2v) is 2.93. The maximum absolute atomic E-state index is 8.80. The van der Waals surface area contributed by atoms with E-state index in [9.17, 15) is 0 Å². The van der Waals surface area contributed by atoms with Gasteiger partial charge in [-0.1, -0.05) is 0 Å². The first-order valence-corrected chi connectivity index (χ1v) is 3.90. The van der Waals surface area contributed by atoms with E-state index in [2.05, 4.69) is 4.90 Å². The predicted molar refractivity (Wildman–Crippen MR) is 40.5 cm³/mol. The van der Waals surface area contributed by atoms with Crippen LogP contribution in [0.25, 0.3) is 0 Å². The number of rotatable bonds is 2. The number of hydrogen-bond acceptors (Lipinski definition) is 2. The minimum atomic E-state index is 0.346. The third-order valence-corrected chi connectivity index (χ3v) is 2.22. The van der Waals surface area contributed by atoms with Gasteiger partial charge in [-0.25, -0.2) is 0 Å². The molecule has 1 rings (SSSR count). The molecule has 1 fully saturated rings. The average molecular weight is 141 g/mol. The molecule has 1 heterocycles. The molecule has 0 aromatic heterocycles. The van der Waals surface area contributed by atoms with Crippen LogP contribution in [0.2, 0.25) is 0 Å². The third-order valence-electron chi connectivity index (χ3n) is 2.22. The van der Waals surface area contributed by atoms with Crippen LogP contribution in [0.5, 0.6) is 0 Å². The summed E-state index contributed by atoms with van der Waals surface area (Å²) in [6, 6.07) is 0. The molecule has 0 saturated carbocycles. The van der Waals surface area contributed by atoms with E-state index in [1.807, 2.05) is 0 Å². The van der Waals surface area contributed by atoms with Gasteiger partial charge in [0.25, 0.3) is 0 Å². The Morgan fingerprint density at radius 1 is 1.40 bits per heavy atom. The summed E-state index contributed by atoms with van der Waals surface area (Å²) in [5.41, 5.74) is 0. The Morgan fingerprint density at radius 3 is 2.40 bits per heavy atom. The first-order chi connectivity index (χ1) is 4.86. The van der Waals surface area contributed by atoms with E-state index in [4.69, 9.17) is 12.0 Å². The number of aliphatic hydroxyl groups is 1. The molecule has 0 amide bonds. The molecule has 1 N–H and O–H groups in total. The van der Waals surface area contributed by atoms with Crippen LogP contribution in [0, 0.1) is 12.8 Å². The van der Waals surface area contributed by atoms with E-state index in [1.165, 1.54) is 0 Å². The van der Waals surface area contributed by atoms with E-state index in [0.717, 1.165) is 25.9 Å². The Hall–Kier alpha value is -0.0800. The molecule has 0 aromatic carbocycles. The maximum atomic E-state index is 8.80. The normalized spacial score (nSPS) is 23.4. The van der Waals surface area contributed by atoms with Crippen LogP contribution in [-0.2, 0) is 0 Å². The van der Waals surface area contributed by atoms with Gasteiger partial charge in [-0.2, -0.15) is 0 Å². The van der Waals surface area contributed by atoms with Crippen LogP contribution in [0.3, 0.4) is 0 Å². The number of nitrogens with zero attached hydrogens (tertiary/aromatic N) is 1. The van der Waals surface area contributed by atoms with Gasteiger partial charge in [0.1, 0.15) is 0 Å². The van der Waals surface area contributed by atoms with Crippen molar-refractivity contribution in [3.8, 4) is 0 Å². The van der Waals surface area contributed by atoms with Gasteiger partial charge in [0.2, 0.25) is 0 Å². The van der Waals surface area contributed by atoms with Crippen LogP contribution < -0.4 is 0 Å². The molecule has 1 aliphatic rings. The van der Waals surface area contributed by atoms with Gasteiger partial charge in [-0.15, -0.1) is 0 Å². The lowest BCUT2D eigenvalue weighted by Gasteiger charge is -2.29. The lowest BCUT2D eigenvalue weighted by molar-refractivity contribution is 0.139. The summed E-state index contributed by atoms with van der Waals surface area (Å²) >= 11 is 0. The van der Waals surface area contributed by atoms with Gasteiger partial charge in [0, 0.05) is 13.2 Å². The quantitative estimate of drug-likeness (QED) is 0.601. The maximum Gasteiger partial charge on any atom is 0.0460 e. The van der Waals surface area contributed by atoms with Crippen molar-refractivity contribution >= 4 is 0 Å². The number of likely N-dealkylation sites (tertiary alicyclic amines) is 1. The highest BCUT2D eigenvalue weighted by molar-refractivity contribution is 4.71. The molecular formula is C8H15NO. The highest BCUT2D eigenvalue weighted by Gasteiger charge is 2.16. The molecular weight excluding hydrogens is 126 g/mol. The molecule has 2 nitrogen and oxygen atoms in total. The summed E-state index contributed by atoms with van der Waals surface area (Å²) in [7, 11) is 0. The molecule has 2 heteroatoms. The van der Waals surface area contributed by atoms with Crippen molar-refractivity contribution in [2.24, 2.45) is 5.92 Å². The van der Waals surface area contributed by atoms with E-state index >= 15 is 0 Å². The average Bonchev–Trinajstić information content (AvgIpc) is 2.05. The fourth-order valence-corrected chi connectivity index (χ4v) is 1.35. The van der Waals surface area contributed by atoms with Crippen molar-refractivity contribution in [2.75, 3.05) is 26.2 Å². The zero-order valence-corrected chi connectivity index (χ0v) is 6.29. The van der Waals surface area contributed by atoms with Crippen molar-refractivity contribution in [3.63, 3.8) is 0 Å². The Morgan fingerprint density at radius 2 is 2.00 bits per heavy atom. The van der Waals surface area contributed by atoms with E-state index in [0.29, 0.717) is 19.1 Å². The standard InChI is InChI=1S/C8H15NO/c1-2-9-5-3-8(7-10)4-6-9/h1,8,10H,2-7H2. The lowest BCUT2D eigenvalue weighted by atomic mass is 9.98. The molecule has 1 saturated heterocycles. The Balaban J connectivity index is 2.17. The minimum absolute atomic E-state index is 0.346. The summed E-state index contributed by atoms with van der Waals surface area (Å²) in [6.07, 6.45) is 2.21. The second-order valence-electron chi connectivity index (χ2n) is 2.93. The molecule has 0 atom stereocenters. The Bertz CT molecular complexity index is 75.3. The van der Waals surface area contributed by atoms with Gasteiger partial charge in [-0.3, -0.25) is 0 Å². The molecule has 0 aliphatic carbocycles. The zero-order chi connectivity index (χ0) is 7.40. The van der Waals surface area contributed by atoms with Gasteiger partial charge in [0.15, 0.2) is 0 Å². The summed E-state index contributed by atoms with van der Waals surface area (Å²) in [4.78, 5) is 2.21. The predicted octanol–water partition coefficient (Wildman–Crippen LogP) is 0.402. The van der Waals surface area contributed by atoms with Gasteiger partial charge >= 0.3 is 0 Å². The van der Waals surface area contributed by atoms with Crippen molar-refractivity contribution < 1.29 is 5.11 Å². The van der Waals surface area contributed by atoms with Crippen molar-refractivity contribution in [2.45, 2.75) is 12.8 Å². The molecule has 1 aliphatic heterocycles. The summed E-state index contributed by atoms with van der Waals surface area (Å²) in [5, 5.41) is 8.80. The number of piperidine rings is 1. The second kappa shape index (κ2) is 3.94. The fraction of sp³-hybridized carbons (Fsp3) is 0.875. The van der Waals surface area contributed by atoms with Crippen LogP contribution in [0.4, 0.5) is 0 Å². The topological polar surface area (TPSA) is 23.5 Å². The first kappa shape index (κ1) is 8.02. The Kier molecular flexibility index (Phi) is 3.16. The first-order valence-electron chi connectivity index (χ1n) is 3.90. The molecule has 0 spiro atoms. The number of aliphatic hydroxyl groups excluding tert-OH is 1. The van der Waals surface area contributed by atoms with Gasteiger partial charge in [-0.05, 0) is 38.8 Å². The molecule has 58 valence electrons. The minimum Gasteiger partial charge on any atom is -0.396 e. The monoisotopic (exact) mass is 141 g/mol. The van der Waals surface area contributed by atoms with Gasteiger partial charge < -0.3 is 10.0 Å². The fourth-order valence-electron chi connectivity index (χ4n) is 1.35. The molecule has 2 radical (unpaired) electrons. The van der Waals surface area contributed by atoms with E-state index < -0.39 is 0 Å². The van der Waals surface area contributed by atoms with Crippen LogP contribution in [0.1, 0.15) is 12.8 Å². The molecule has 0 bridgehead atoms. The van der Waals surface area contributed by atoms with Crippen LogP contribution in [-0.4, -0.2) is 36.2 Å². The van der Waals surface area contributed by atoms with Crippen molar-refractivity contribution in [3.05, 3.63) is 6.92 Å². The largest absolute Gasteiger partial charge is 0.396 e. The molecule has 0 unspecified atom stereocenters. The summed E-state index contributed by atoms with van der Waals surface area (Å²) in [5.74, 6) is 0.530. The highest BCUT2D eigenvalue weighted by Crippen LogP contribution is 2.15. The molecule has 0 aromatic rings. The van der Waals surface area contributed by atoms with Crippen LogP contribution >= 0.6 is 0 Å². The Labute approximate surface area is 62.8 Å². The highest BCUT2D eigenvalue weighted by atomic mass is 16.3. The van der Waals surface area contributed by atoms with E-state index in [1.54, 1.807) is 0 Å². The third kappa shape index (κ3) is 1.96. The smallest absolute Gasteiger partial charge is 0.0460 e. The van der Waals surface area contributed by atoms with E-state index in [-0.39, 0.29) is 0 Å². The number of hydrogen-bond donors (Lipinski definition) is 1. The van der Waals surface area contributed by atoms with Crippen molar-refractivity contribution in [1.82, 2.24) is 4.90 Å². The molecule has 10 heavy (non-hydrogen) atoms. The zero-order valence-electron chi connectivity index (χ0n) is 6.29. The van der Waals surface area contributed by atoms with Gasteiger partial charge in [0.05, 0.1) is 0 Å².